The van der Waals surface area contributed by atoms with Crippen LogP contribution in [0.5, 0.6) is 17.2 Å². The fourth-order valence-corrected chi connectivity index (χ4v) is 2.06. The van der Waals surface area contributed by atoms with Crippen molar-refractivity contribution in [3.63, 3.8) is 0 Å². The molecule has 0 atom stereocenters. The Morgan fingerprint density at radius 2 is 1.32 bits per heavy atom. The molecule has 0 aliphatic carbocycles. The van der Waals surface area contributed by atoms with Crippen molar-refractivity contribution in [1.82, 2.24) is 0 Å². The SMILES string of the molecule is COc1ccc(-c2cc(OC)c(OC)cc2C)cc1. The molecule has 0 bridgehead atoms. The van der Waals surface area contributed by atoms with Crippen LogP contribution < -0.4 is 14.2 Å². The first-order chi connectivity index (χ1) is 9.19. The molecule has 2 rings (SSSR count). The standard InChI is InChI=1S/C16H18O3/c1-11-9-15(18-3)16(19-4)10-14(11)12-5-7-13(17-2)8-6-12/h5-10H,1-4H3. The van der Waals surface area contributed by atoms with Gasteiger partial charge in [0, 0.05) is 0 Å². The second-order valence-electron chi connectivity index (χ2n) is 4.25. The van der Waals surface area contributed by atoms with Crippen LogP contribution in [-0.2, 0) is 0 Å². The topological polar surface area (TPSA) is 27.7 Å². The first kappa shape index (κ1) is 13.3. The highest BCUT2D eigenvalue weighted by molar-refractivity contribution is 5.71. The highest BCUT2D eigenvalue weighted by Crippen LogP contribution is 2.35. The molecular formula is C16H18O3. The molecule has 2 aromatic carbocycles. The minimum Gasteiger partial charge on any atom is -0.497 e. The van der Waals surface area contributed by atoms with Crippen LogP contribution in [0.3, 0.4) is 0 Å². The van der Waals surface area contributed by atoms with Gasteiger partial charge in [0.1, 0.15) is 5.75 Å². The predicted octanol–water partition coefficient (Wildman–Crippen LogP) is 3.69. The molecule has 0 aliphatic heterocycles. The average molecular weight is 258 g/mol. The molecule has 0 aliphatic rings. The summed E-state index contributed by atoms with van der Waals surface area (Å²) >= 11 is 0. The number of ether oxygens (including phenoxy) is 3. The van der Waals surface area contributed by atoms with Gasteiger partial charge in [0.25, 0.3) is 0 Å². The van der Waals surface area contributed by atoms with E-state index in [1.165, 1.54) is 0 Å². The van der Waals surface area contributed by atoms with E-state index in [0.717, 1.165) is 33.9 Å². The second kappa shape index (κ2) is 5.65. The molecule has 0 amide bonds. The molecule has 0 fully saturated rings. The van der Waals surface area contributed by atoms with Crippen LogP contribution in [0.15, 0.2) is 36.4 Å². The van der Waals surface area contributed by atoms with Gasteiger partial charge in [-0.2, -0.15) is 0 Å². The van der Waals surface area contributed by atoms with Crippen molar-refractivity contribution in [3.8, 4) is 28.4 Å². The summed E-state index contributed by atoms with van der Waals surface area (Å²) in [5.74, 6) is 2.33. The number of methoxy groups -OCH3 is 3. The van der Waals surface area contributed by atoms with E-state index < -0.39 is 0 Å². The Morgan fingerprint density at radius 3 is 1.84 bits per heavy atom. The van der Waals surface area contributed by atoms with Crippen molar-refractivity contribution >= 4 is 0 Å². The number of aryl methyl sites for hydroxylation is 1. The summed E-state index contributed by atoms with van der Waals surface area (Å²) in [7, 11) is 4.95. The van der Waals surface area contributed by atoms with Gasteiger partial charge in [-0.1, -0.05) is 12.1 Å². The lowest BCUT2D eigenvalue weighted by Crippen LogP contribution is -1.93. The molecule has 0 radical (unpaired) electrons. The monoisotopic (exact) mass is 258 g/mol. The molecule has 0 N–H and O–H groups in total. The Bertz CT molecular complexity index is 559. The summed E-state index contributed by atoms with van der Waals surface area (Å²) in [5.41, 5.74) is 3.39. The number of hydrogen-bond donors (Lipinski definition) is 0. The van der Waals surface area contributed by atoms with Gasteiger partial charge < -0.3 is 14.2 Å². The van der Waals surface area contributed by atoms with E-state index in [2.05, 4.69) is 6.92 Å². The van der Waals surface area contributed by atoms with E-state index in [1.807, 2.05) is 36.4 Å². The van der Waals surface area contributed by atoms with E-state index in [9.17, 15) is 0 Å². The van der Waals surface area contributed by atoms with Gasteiger partial charge in [0.05, 0.1) is 21.3 Å². The zero-order valence-corrected chi connectivity index (χ0v) is 11.7. The Morgan fingerprint density at radius 1 is 0.737 bits per heavy atom. The lowest BCUT2D eigenvalue weighted by atomic mass is 9.99. The maximum absolute atomic E-state index is 5.35. The Labute approximate surface area is 113 Å². The van der Waals surface area contributed by atoms with Gasteiger partial charge in [-0.25, -0.2) is 0 Å². The first-order valence-electron chi connectivity index (χ1n) is 6.06. The van der Waals surface area contributed by atoms with Crippen molar-refractivity contribution < 1.29 is 14.2 Å². The summed E-state index contributed by atoms with van der Waals surface area (Å²) in [4.78, 5) is 0. The first-order valence-corrected chi connectivity index (χ1v) is 6.06. The zero-order chi connectivity index (χ0) is 13.8. The van der Waals surface area contributed by atoms with Gasteiger partial charge >= 0.3 is 0 Å². The van der Waals surface area contributed by atoms with Crippen LogP contribution in [-0.4, -0.2) is 21.3 Å². The molecule has 0 saturated carbocycles. The van der Waals surface area contributed by atoms with Gasteiger partial charge in [0.15, 0.2) is 11.5 Å². The van der Waals surface area contributed by atoms with Crippen molar-refractivity contribution in [2.75, 3.05) is 21.3 Å². The largest absolute Gasteiger partial charge is 0.497 e. The molecule has 0 saturated heterocycles. The molecule has 3 heteroatoms. The molecule has 100 valence electrons. The quantitative estimate of drug-likeness (QED) is 0.837. The third kappa shape index (κ3) is 2.65. The van der Waals surface area contributed by atoms with Crippen LogP contribution in [0.4, 0.5) is 0 Å². The smallest absolute Gasteiger partial charge is 0.161 e. The summed E-state index contributed by atoms with van der Waals surface area (Å²) in [6, 6.07) is 11.9. The molecule has 19 heavy (non-hydrogen) atoms. The Hall–Kier alpha value is -2.16. The molecule has 2 aromatic rings. The number of benzene rings is 2. The van der Waals surface area contributed by atoms with Crippen molar-refractivity contribution in [2.24, 2.45) is 0 Å². The lowest BCUT2D eigenvalue weighted by Gasteiger charge is -2.13. The van der Waals surface area contributed by atoms with E-state index in [-0.39, 0.29) is 0 Å². The van der Waals surface area contributed by atoms with E-state index in [0.29, 0.717) is 0 Å². The van der Waals surface area contributed by atoms with Crippen molar-refractivity contribution in [3.05, 3.63) is 42.0 Å². The minimum absolute atomic E-state index is 0.735. The predicted molar refractivity (Wildman–Crippen MR) is 76.3 cm³/mol. The second-order valence-corrected chi connectivity index (χ2v) is 4.25. The molecule has 0 heterocycles. The van der Waals surface area contributed by atoms with Gasteiger partial charge in [0.2, 0.25) is 0 Å². The zero-order valence-electron chi connectivity index (χ0n) is 11.7. The van der Waals surface area contributed by atoms with Crippen molar-refractivity contribution in [1.29, 1.82) is 0 Å². The summed E-state index contributed by atoms with van der Waals surface area (Å²) in [5, 5.41) is 0. The van der Waals surface area contributed by atoms with Crippen LogP contribution in [0.1, 0.15) is 5.56 Å². The summed E-state index contributed by atoms with van der Waals surface area (Å²) in [6.07, 6.45) is 0. The van der Waals surface area contributed by atoms with E-state index >= 15 is 0 Å². The highest BCUT2D eigenvalue weighted by atomic mass is 16.5. The van der Waals surface area contributed by atoms with Crippen LogP contribution >= 0.6 is 0 Å². The lowest BCUT2D eigenvalue weighted by molar-refractivity contribution is 0.355. The minimum atomic E-state index is 0.735. The Balaban J connectivity index is 2.48. The van der Waals surface area contributed by atoms with Crippen LogP contribution in [0.2, 0.25) is 0 Å². The summed E-state index contributed by atoms with van der Waals surface area (Å²) in [6.45, 7) is 2.06. The summed E-state index contributed by atoms with van der Waals surface area (Å²) < 4.78 is 15.8. The normalized spacial score (nSPS) is 10.1. The van der Waals surface area contributed by atoms with Gasteiger partial charge in [-0.05, 0) is 47.9 Å². The average Bonchev–Trinajstić information content (AvgIpc) is 2.47. The van der Waals surface area contributed by atoms with Crippen molar-refractivity contribution in [2.45, 2.75) is 6.92 Å². The fraction of sp³-hybridized carbons (Fsp3) is 0.250. The third-order valence-electron chi connectivity index (χ3n) is 3.13. The maximum Gasteiger partial charge on any atom is 0.161 e. The highest BCUT2D eigenvalue weighted by Gasteiger charge is 2.10. The number of hydrogen-bond acceptors (Lipinski definition) is 3. The van der Waals surface area contributed by atoms with Crippen LogP contribution in [0.25, 0.3) is 11.1 Å². The molecule has 0 aromatic heterocycles. The van der Waals surface area contributed by atoms with Crippen LogP contribution in [0, 0.1) is 6.92 Å². The maximum atomic E-state index is 5.35. The van der Waals surface area contributed by atoms with Gasteiger partial charge in [-0.15, -0.1) is 0 Å². The van der Waals surface area contributed by atoms with E-state index in [1.54, 1.807) is 21.3 Å². The molecule has 3 nitrogen and oxygen atoms in total. The number of rotatable bonds is 4. The Kier molecular flexibility index (Phi) is 3.95. The molecular weight excluding hydrogens is 240 g/mol. The fourth-order valence-electron chi connectivity index (χ4n) is 2.06. The molecule has 0 spiro atoms. The van der Waals surface area contributed by atoms with Gasteiger partial charge in [-0.3, -0.25) is 0 Å². The molecule has 0 unspecified atom stereocenters. The third-order valence-corrected chi connectivity index (χ3v) is 3.13. The van der Waals surface area contributed by atoms with E-state index in [4.69, 9.17) is 14.2 Å².